The van der Waals surface area contributed by atoms with Crippen LogP contribution in [0.5, 0.6) is 0 Å². The molecule has 3 nitrogen and oxygen atoms in total. The molecule has 0 aromatic heterocycles. The molecule has 0 radical (unpaired) electrons. The number of nitrogens with one attached hydrogen (secondary N) is 1. The molecule has 1 N–H and O–H groups in total. The van der Waals surface area contributed by atoms with Gasteiger partial charge in [0, 0.05) is 17.5 Å². The third kappa shape index (κ3) is 2.59. The molecule has 0 bridgehead atoms. The van der Waals surface area contributed by atoms with Gasteiger partial charge in [0.15, 0.2) is 0 Å². The SMILES string of the molecule is O=S(=O)(NC1(CCl)CC1)c1ccc(F)cc1F. The molecule has 1 fully saturated rings. The molecule has 0 heterocycles. The van der Waals surface area contributed by atoms with Crippen LogP contribution >= 0.6 is 11.6 Å². The fourth-order valence-corrected chi connectivity index (χ4v) is 3.38. The Morgan fingerprint density at radius 2 is 2.00 bits per heavy atom. The molecule has 17 heavy (non-hydrogen) atoms. The zero-order valence-electron chi connectivity index (χ0n) is 8.71. The van der Waals surface area contributed by atoms with E-state index in [2.05, 4.69) is 4.72 Å². The highest BCUT2D eigenvalue weighted by molar-refractivity contribution is 7.89. The molecule has 0 amide bonds. The second kappa shape index (κ2) is 4.19. The van der Waals surface area contributed by atoms with Crippen LogP contribution in [0.2, 0.25) is 0 Å². The Labute approximate surface area is 103 Å². The second-order valence-electron chi connectivity index (χ2n) is 4.09. The average molecular weight is 282 g/mol. The smallest absolute Gasteiger partial charge is 0.207 e. The Balaban J connectivity index is 2.32. The number of halogens is 3. The van der Waals surface area contributed by atoms with Gasteiger partial charge in [0.1, 0.15) is 16.5 Å². The molecule has 1 aromatic rings. The van der Waals surface area contributed by atoms with Crippen molar-refractivity contribution in [3.63, 3.8) is 0 Å². The standard InChI is InChI=1S/C10H10ClF2NO2S/c11-6-10(3-4-10)14-17(15,16)9-2-1-7(12)5-8(9)13/h1-2,5,14H,3-4,6H2. The molecule has 1 aromatic carbocycles. The molecule has 94 valence electrons. The summed E-state index contributed by atoms with van der Waals surface area (Å²) < 4.78 is 52.1. The highest BCUT2D eigenvalue weighted by Gasteiger charge is 2.45. The molecule has 0 aliphatic heterocycles. The molecule has 0 atom stereocenters. The van der Waals surface area contributed by atoms with Crippen LogP contribution in [0.25, 0.3) is 0 Å². The third-order valence-electron chi connectivity index (χ3n) is 2.64. The van der Waals surface area contributed by atoms with E-state index in [4.69, 9.17) is 11.6 Å². The van der Waals surface area contributed by atoms with E-state index in [-0.39, 0.29) is 5.88 Å². The first-order valence-electron chi connectivity index (χ1n) is 4.94. The van der Waals surface area contributed by atoms with Gasteiger partial charge in [-0.25, -0.2) is 21.9 Å². The second-order valence-corrected chi connectivity index (χ2v) is 6.01. The van der Waals surface area contributed by atoms with Gasteiger partial charge < -0.3 is 0 Å². The molecular weight excluding hydrogens is 272 g/mol. The van der Waals surface area contributed by atoms with E-state index in [0.29, 0.717) is 18.9 Å². The predicted octanol–water partition coefficient (Wildman–Crippen LogP) is 2.01. The summed E-state index contributed by atoms with van der Waals surface area (Å²) in [5.41, 5.74) is -0.665. The average Bonchev–Trinajstić information content (AvgIpc) is 2.97. The molecular formula is C10H10ClF2NO2S. The maximum absolute atomic E-state index is 13.4. The van der Waals surface area contributed by atoms with Gasteiger partial charge in [0.2, 0.25) is 10.0 Å². The lowest BCUT2D eigenvalue weighted by Crippen LogP contribution is -2.38. The minimum Gasteiger partial charge on any atom is -0.207 e. The molecule has 1 aliphatic carbocycles. The van der Waals surface area contributed by atoms with Crippen LogP contribution in [0, 0.1) is 11.6 Å². The van der Waals surface area contributed by atoms with Crippen molar-refractivity contribution in [3.8, 4) is 0 Å². The monoisotopic (exact) mass is 281 g/mol. The summed E-state index contributed by atoms with van der Waals surface area (Å²) in [5, 5.41) is 0. The lowest BCUT2D eigenvalue weighted by molar-refractivity contribution is 0.533. The zero-order valence-corrected chi connectivity index (χ0v) is 10.3. The first-order chi connectivity index (χ1) is 7.88. The first-order valence-corrected chi connectivity index (χ1v) is 6.95. The molecule has 1 aliphatic rings. The van der Waals surface area contributed by atoms with Gasteiger partial charge in [-0.1, -0.05) is 0 Å². The van der Waals surface area contributed by atoms with Crippen LogP contribution in [0.15, 0.2) is 23.1 Å². The summed E-state index contributed by atoms with van der Waals surface area (Å²) >= 11 is 5.63. The van der Waals surface area contributed by atoms with Crippen molar-refractivity contribution >= 4 is 21.6 Å². The quantitative estimate of drug-likeness (QED) is 0.858. The van der Waals surface area contributed by atoms with Crippen molar-refractivity contribution in [1.29, 1.82) is 0 Å². The summed E-state index contributed by atoms with van der Waals surface area (Å²) in [6.07, 6.45) is 1.25. The van der Waals surface area contributed by atoms with Crippen LogP contribution in [-0.2, 0) is 10.0 Å². The Bertz CT molecular complexity index is 543. The predicted molar refractivity (Wildman–Crippen MR) is 59.4 cm³/mol. The van der Waals surface area contributed by atoms with Gasteiger partial charge >= 0.3 is 0 Å². The number of alkyl halides is 1. The van der Waals surface area contributed by atoms with E-state index in [1.165, 1.54) is 0 Å². The van der Waals surface area contributed by atoms with E-state index >= 15 is 0 Å². The van der Waals surface area contributed by atoms with E-state index in [9.17, 15) is 17.2 Å². The summed E-state index contributed by atoms with van der Waals surface area (Å²) in [7, 11) is -3.99. The van der Waals surface area contributed by atoms with Crippen LogP contribution in [0.3, 0.4) is 0 Å². The van der Waals surface area contributed by atoms with E-state index in [1.54, 1.807) is 0 Å². The first kappa shape index (κ1) is 12.7. The fraction of sp³-hybridized carbons (Fsp3) is 0.400. The number of hydrogen-bond acceptors (Lipinski definition) is 2. The Morgan fingerprint density at radius 3 is 2.47 bits per heavy atom. The molecule has 7 heteroatoms. The van der Waals surface area contributed by atoms with Crippen molar-refractivity contribution in [2.45, 2.75) is 23.3 Å². The minimum absolute atomic E-state index is 0.134. The third-order valence-corrected chi connectivity index (χ3v) is 4.77. The summed E-state index contributed by atoms with van der Waals surface area (Å²) in [6.45, 7) is 0. The van der Waals surface area contributed by atoms with E-state index in [0.717, 1.165) is 12.1 Å². The van der Waals surface area contributed by atoms with Crippen molar-refractivity contribution in [2.75, 3.05) is 5.88 Å². The van der Waals surface area contributed by atoms with Crippen molar-refractivity contribution in [2.24, 2.45) is 0 Å². The molecule has 0 unspecified atom stereocenters. The van der Waals surface area contributed by atoms with Gasteiger partial charge in [-0.05, 0) is 25.0 Å². The van der Waals surface area contributed by atoms with Gasteiger partial charge in [0.25, 0.3) is 0 Å². The summed E-state index contributed by atoms with van der Waals surface area (Å²) in [4.78, 5) is -0.560. The molecule has 0 saturated heterocycles. The van der Waals surface area contributed by atoms with Crippen molar-refractivity contribution < 1.29 is 17.2 Å². The molecule has 0 spiro atoms. The Kier molecular flexibility index (Phi) is 3.14. The maximum atomic E-state index is 13.4. The lowest BCUT2D eigenvalue weighted by atomic mass is 10.3. The highest BCUT2D eigenvalue weighted by Crippen LogP contribution is 2.38. The number of benzene rings is 1. The van der Waals surface area contributed by atoms with Gasteiger partial charge in [0.05, 0.1) is 0 Å². The Morgan fingerprint density at radius 1 is 1.35 bits per heavy atom. The largest absolute Gasteiger partial charge is 0.244 e. The van der Waals surface area contributed by atoms with E-state index in [1.807, 2.05) is 0 Å². The fourth-order valence-electron chi connectivity index (χ4n) is 1.45. The van der Waals surface area contributed by atoms with Crippen LogP contribution in [-0.4, -0.2) is 19.8 Å². The highest BCUT2D eigenvalue weighted by atomic mass is 35.5. The number of hydrogen-bond donors (Lipinski definition) is 1. The van der Waals surface area contributed by atoms with Gasteiger partial charge in [-0.3, -0.25) is 0 Å². The van der Waals surface area contributed by atoms with Gasteiger partial charge in [-0.15, -0.1) is 11.6 Å². The van der Waals surface area contributed by atoms with Gasteiger partial charge in [-0.2, -0.15) is 0 Å². The minimum atomic E-state index is -3.99. The number of rotatable bonds is 4. The van der Waals surface area contributed by atoms with Crippen LogP contribution in [0.4, 0.5) is 8.78 Å². The van der Waals surface area contributed by atoms with Crippen molar-refractivity contribution in [3.05, 3.63) is 29.8 Å². The van der Waals surface area contributed by atoms with Crippen LogP contribution < -0.4 is 4.72 Å². The summed E-state index contributed by atoms with van der Waals surface area (Å²) in [5.74, 6) is -1.79. The zero-order chi connectivity index (χ0) is 12.7. The maximum Gasteiger partial charge on any atom is 0.244 e. The number of sulfonamides is 1. The molecule has 2 rings (SSSR count). The Hall–Kier alpha value is -0.720. The molecule has 1 saturated carbocycles. The van der Waals surface area contributed by atoms with Crippen LogP contribution in [0.1, 0.15) is 12.8 Å². The van der Waals surface area contributed by atoms with Crippen molar-refractivity contribution in [1.82, 2.24) is 4.72 Å². The lowest BCUT2D eigenvalue weighted by Gasteiger charge is -2.14. The normalized spacial score (nSPS) is 18.1. The van der Waals surface area contributed by atoms with E-state index < -0.39 is 32.1 Å². The topological polar surface area (TPSA) is 46.2 Å². The summed E-state index contributed by atoms with van der Waals surface area (Å²) in [6, 6.07) is 2.34.